The molecule has 33 heavy (non-hydrogen) atoms. The summed E-state index contributed by atoms with van der Waals surface area (Å²) in [5.74, 6) is 1.55. The summed E-state index contributed by atoms with van der Waals surface area (Å²) in [6.07, 6.45) is 0. The maximum Gasteiger partial charge on any atom is 0.263 e. The summed E-state index contributed by atoms with van der Waals surface area (Å²) in [6.45, 7) is 0. The van der Waals surface area contributed by atoms with E-state index in [1.165, 1.54) is 33.5 Å². The second-order valence-corrected chi connectivity index (χ2v) is 8.55. The first-order valence-electron chi connectivity index (χ1n) is 9.87. The Labute approximate surface area is 191 Å². The molecule has 10 heteroatoms. The van der Waals surface area contributed by atoms with E-state index in [2.05, 4.69) is 20.0 Å². The molecule has 0 aliphatic carbocycles. The number of fused-ring (bicyclic) bond motifs is 1. The Kier molecular flexibility index (Phi) is 6.18. The van der Waals surface area contributed by atoms with Gasteiger partial charge >= 0.3 is 0 Å². The highest BCUT2D eigenvalue weighted by Gasteiger charge is 2.20. The molecule has 170 valence electrons. The van der Waals surface area contributed by atoms with Crippen LogP contribution in [-0.2, 0) is 10.0 Å². The van der Waals surface area contributed by atoms with E-state index in [1.807, 2.05) is 6.07 Å². The lowest BCUT2D eigenvalue weighted by molar-refractivity contribution is 0.324. The van der Waals surface area contributed by atoms with Crippen molar-refractivity contribution in [1.29, 1.82) is 0 Å². The molecule has 0 saturated carbocycles. The van der Waals surface area contributed by atoms with Crippen molar-refractivity contribution >= 4 is 38.4 Å². The van der Waals surface area contributed by atoms with Gasteiger partial charge in [-0.1, -0.05) is 30.3 Å². The van der Waals surface area contributed by atoms with Gasteiger partial charge < -0.3 is 19.5 Å². The number of sulfonamides is 1. The minimum absolute atomic E-state index is 0.0475. The number of rotatable bonds is 8. The molecule has 0 atom stereocenters. The van der Waals surface area contributed by atoms with Gasteiger partial charge in [0.15, 0.2) is 23.1 Å². The third-order valence-electron chi connectivity index (χ3n) is 4.78. The lowest BCUT2D eigenvalue weighted by atomic mass is 10.2. The van der Waals surface area contributed by atoms with E-state index in [9.17, 15) is 8.42 Å². The molecule has 0 radical (unpaired) electrons. The van der Waals surface area contributed by atoms with Crippen LogP contribution in [0.2, 0.25) is 0 Å². The SMILES string of the molecule is COc1cc(Nc2nc3ccccc3nc2NS(=O)(=O)c2ccccc2)cc(OC)c1OC. The summed E-state index contributed by atoms with van der Waals surface area (Å²) in [7, 11) is 0.638. The minimum Gasteiger partial charge on any atom is -0.493 e. The van der Waals surface area contributed by atoms with Crippen LogP contribution in [-0.4, -0.2) is 39.7 Å². The van der Waals surface area contributed by atoms with Gasteiger partial charge in [-0.25, -0.2) is 18.4 Å². The minimum atomic E-state index is -3.89. The summed E-state index contributed by atoms with van der Waals surface area (Å²) in [5.41, 5.74) is 1.67. The van der Waals surface area contributed by atoms with Crippen molar-refractivity contribution in [2.24, 2.45) is 0 Å². The maximum absolute atomic E-state index is 13.0. The number of anilines is 3. The lowest BCUT2D eigenvalue weighted by Crippen LogP contribution is -2.16. The summed E-state index contributed by atoms with van der Waals surface area (Å²) in [5, 5.41) is 3.12. The standard InChI is InChI=1S/C23H22N4O5S/c1-30-19-13-15(14-20(31-2)21(19)32-3)24-22-23(26-18-12-8-7-11-17(18)25-22)27-33(28,29)16-9-5-4-6-10-16/h4-14H,1-3H3,(H,24,25)(H,26,27). The summed E-state index contributed by atoms with van der Waals surface area (Å²) in [6, 6.07) is 18.6. The number of para-hydroxylation sites is 2. The molecule has 1 heterocycles. The number of methoxy groups -OCH3 is 3. The first-order chi connectivity index (χ1) is 15.9. The first-order valence-corrected chi connectivity index (χ1v) is 11.3. The van der Waals surface area contributed by atoms with E-state index in [1.54, 1.807) is 48.5 Å². The predicted octanol–water partition coefficient (Wildman–Crippen LogP) is 4.20. The van der Waals surface area contributed by atoms with Crippen molar-refractivity contribution in [3.63, 3.8) is 0 Å². The fourth-order valence-corrected chi connectivity index (χ4v) is 4.26. The quantitative estimate of drug-likeness (QED) is 0.397. The number of nitrogens with one attached hydrogen (secondary N) is 2. The van der Waals surface area contributed by atoms with Crippen LogP contribution in [0.5, 0.6) is 17.2 Å². The zero-order chi connectivity index (χ0) is 23.4. The third kappa shape index (κ3) is 4.60. The number of nitrogens with zero attached hydrogens (tertiary/aromatic N) is 2. The predicted molar refractivity (Wildman–Crippen MR) is 126 cm³/mol. The van der Waals surface area contributed by atoms with Crippen molar-refractivity contribution in [3.05, 3.63) is 66.7 Å². The van der Waals surface area contributed by atoms with Crippen molar-refractivity contribution in [2.45, 2.75) is 4.90 Å². The average molecular weight is 467 g/mol. The Hall–Kier alpha value is -4.05. The fraction of sp³-hybridized carbons (Fsp3) is 0.130. The van der Waals surface area contributed by atoms with E-state index in [4.69, 9.17) is 14.2 Å². The van der Waals surface area contributed by atoms with E-state index in [0.717, 1.165) is 0 Å². The molecule has 0 aliphatic rings. The van der Waals surface area contributed by atoms with Crippen molar-refractivity contribution in [2.75, 3.05) is 31.4 Å². The Morgan fingerprint density at radius 1 is 0.727 bits per heavy atom. The molecule has 0 fully saturated rings. The Morgan fingerprint density at radius 2 is 1.27 bits per heavy atom. The van der Waals surface area contributed by atoms with E-state index < -0.39 is 10.0 Å². The van der Waals surface area contributed by atoms with Crippen LogP contribution in [0.15, 0.2) is 71.6 Å². The van der Waals surface area contributed by atoms with E-state index in [0.29, 0.717) is 34.0 Å². The van der Waals surface area contributed by atoms with Crippen LogP contribution < -0.4 is 24.2 Å². The summed E-state index contributed by atoms with van der Waals surface area (Å²) in [4.78, 5) is 9.20. The number of ether oxygens (including phenoxy) is 3. The first kappa shape index (κ1) is 22.2. The molecule has 0 spiro atoms. The third-order valence-corrected chi connectivity index (χ3v) is 6.14. The van der Waals surface area contributed by atoms with Crippen LogP contribution in [0.1, 0.15) is 0 Å². The summed E-state index contributed by atoms with van der Waals surface area (Å²) < 4.78 is 44.6. The molecule has 1 aromatic heterocycles. The number of hydrogen-bond donors (Lipinski definition) is 2. The van der Waals surface area contributed by atoms with Gasteiger partial charge in [0.1, 0.15) is 0 Å². The van der Waals surface area contributed by atoms with Gasteiger partial charge in [-0.3, -0.25) is 4.72 Å². The molecule has 0 aliphatic heterocycles. The van der Waals surface area contributed by atoms with Crippen LogP contribution in [0.4, 0.5) is 17.3 Å². The number of aromatic nitrogens is 2. The smallest absolute Gasteiger partial charge is 0.263 e. The summed E-state index contributed by atoms with van der Waals surface area (Å²) >= 11 is 0. The van der Waals surface area contributed by atoms with Crippen LogP contribution in [0.3, 0.4) is 0 Å². The topological polar surface area (TPSA) is 112 Å². The molecule has 0 amide bonds. The normalized spacial score (nSPS) is 11.1. The lowest BCUT2D eigenvalue weighted by Gasteiger charge is -2.17. The van der Waals surface area contributed by atoms with E-state index in [-0.39, 0.29) is 16.5 Å². The van der Waals surface area contributed by atoms with Crippen molar-refractivity contribution < 1.29 is 22.6 Å². The molecular formula is C23H22N4O5S. The Morgan fingerprint density at radius 3 is 1.82 bits per heavy atom. The van der Waals surface area contributed by atoms with Gasteiger partial charge in [0.2, 0.25) is 5.75 Å². The van der Waals surface area contributed by atoms with Gasteiger partial charge in [-0.2, -0.15) is 0 Å². The van der Waals surface area contributed by atoms with Gasteiger partial charge in [-0.15, -0.1) is 0 Å². The molecule has 2 N–H and O–H groups in total. The fourth-order valence-electron chi connectivity index (χ4n) is 3.23. The molecule has 0 unspecified atom stereocenters. The highest BCUT2D eigenvalue weighted by Crippen LogP contribution is 2.41. The number of benzene rings is 3. The molecule has 9 nitrogen and oxygen atoms in total. The zero-order valence-corrected chi connectivity index (χ0v) is 19.0. The molecule has 0 bridgehead atoms. The number of hydrogen-bond acceptors (Lipinski definition) is 8. The second-order valence-electron chi connectivity index (χ2n) is 6.87. The van der Waals surface area contributed by atoms with Crippen LogP contribution in [0.25, 0.3) is 11.0 Å². The van der Waals surface area contributed by atoms with Gasteiger partial charge in [0, 0.05) is 17.8 Å². The maximum atomic E-state index is 13.0. The van der Waals surface area contributed by atoms with E-state index >= 15 is 0 Å². The monoisotopic (exact) mass is 466 g/mol. The Balaban J connectivity index is 1.80. The van der Waals surface area contributed by atoms with Crippen molar-refractivity contribution in [3.8, 4) is 17.2 Å². The highest BCUT2D eigenvalue weighted by atomic mass is 32.2. The van der Waals surface area contributed by atoms with Crippen molar-refractivity contribution in [1.82, 2.24) is 9.97 Å². The molecule has 4 rings (SSSR count). The molecular weight excluding hydrogens is 444 g/mol. The van der Waals surface area contributed by atoms with Gasteiger partial charge in [0.25, 0.3) is 10.0 Å². The molecule has 0 saturated heterocycles. The zero-order valence-electron chi connectivity index (χ0n) is 18.2. The second kappa shape index (κ2) is 9.21. The van der Waals surface area contributed by atoms with Crippen LogP contribution in [0, 0.1) is 0 Å². The average Bonchev–Trinajstić information content (AvgIpc) is 2.84. The Bertz CT molecular complexity index is 1370. The van der Waals surface area contributed by atoms with Gasteiger partial charge in [0.05, 0.1) is 37.3 Å². The van der Waals surface area contributed by atoms with Gasteiger partial charge in [-0.05, 0) is 24.3 Å². The largest absolute Gasteiger partial charge is 0.493 e. The van der Waals surface area contributed by atoms with Crippen LogP contribution >= 0.6 is 0 Å². The molecule has 4 aromatic rings. The highest BCUT2D eigenvalue weighted by molar-refractivity contribution is 7.92. The molecule has 3 aromatic carbocycles.